The second kappa shape index (κ2) is 7.71. The fourth-order valence-corrected chi connectivity index (χ4v) is 2.11. The fraction of sp³-hybridized carbons (Fsp3) is 0.0625. The highest BCUT2D eigenvalue weighted by atomic mass is 35.5. The summed E-state index contributed by atoms with van der Waals surface area (Å²) in [4.78, 5) is 10.8. The van der Waals surface area contributed by atoms with Gasteiger partial charge in [0.25, 0.3) is 0 Å². The van der Waals surface area contributed by atoms with E-state index in [0.717, 1.165) is 16.8 Å². The summed E-state index contributed by atoms with van der Waals surface area (Å²) in [5.41, 5.74) is 5.37. The normalized spacial score (nSPS) is 10.5. The van der Waals surface area contributed by atoms with Crippen molar-refractivity contribution in [1.82, 2.24) is 5.43 Å². The van der Waals surface area contributed by atoms with Crippen molar-refractivity contribution in [2.75, 3.05) is 5.32 Å². The Kier molecular flexibility index (Phi) is 5.67. The van der Waals surface area contributed by atoms with E-state index in [4.69, 9.17) is 28.9 Å². The van der Waals surface area contributed by atoms with Gasteiger partial charge in [-0.3, -0.25) is 5.43 Å². The largest absolute Gasteiger partial charge is 0.478 e. The maximum Gasteiger partial charge on any atom is 0.335 e. The minimum Gasteiger partial charge on any atom is -0.478 e. The molecule has 2 aromatic rings. The summed E-state index contributed by atoms with van der Waals surface area (Å²) >= 11 is 11.2. The number of nitrogens with one attached hydrogen (secondary N) is 2. The van der Waals surface area contributed by atoms with Crippen molar-refractivity contribution in [2.24, 2.45) is 5.10 Å². The van der Waals surface area contributed by atoms with Crippen LogP contribution in [0.2, 0.25) is 5.02 Å². The lowest BCUT2D eigenvalue weighted by molar-refractivity contribution is 0.0697. The Morgan fingerprint density at radius 1 is 1.26 bits per heavy atom. The highest BCUT2D eigenvalue weighted by Gasteiger charge is 2.03. The summed E-state index contributed by atoms with van der Waals surface area (Å²) < 4.78 is 0. The van der Waals surface area contributed by atoms with Crippen LogP contribution < -0.4 is 10.7 Å². The first-order chi connectivity index (χ1) is 11.0. The minimum absolute atomic E-state index is 0.226. The van der Waals surface area contributed by atoms with Gasteiger partial charge < -0.3 is 10.4 Å². The molecule has 0 amide bonds. The number of carboxylic acid groups (broad SMARTS) is 1. The molecule has 7 heteroatoms. The van der Waals surface area contributed by atoms with Crippen molar-refractivity contribution in [3.63, 3.8) is 0 Å². The predicted octanol–water partition coefficient (Wildman–Crippen LogP) is 3.67. The number of anilines is 1. The lowest BCUT2D eigenvalue weighted by atomic mass is 10.1. The van der Waals surface area contributed by atoms with Gasteiger partial charge in [0, 0.05) is 10.7 Å². The van der Waals surface area contributed by atoms with Gasteiger partial charge in [-0.2, -0.15) is 5.10 Å². The van der Waals surface area contributed by atoms with Crippen LogP contribution >= 0.6 is 23.8 Å². The number of carboxylic acids is 1. The maximum absolute atomic E-state index is 10.8. The van der Waals surface area contributed by atoms with E-state index in [2.05, 4.69) is 15.8 Å². The smallest absolute Gasteiger partial charge is 0.335 e. The number of halogens is 1. The zero-order valence-electron chi connectivity index (χ0n) is 12.2. The Morgan fingerprint density at radius 3 is 2.61 bits per heavy atom. The van der Waals surface area contributed by atoms with E-state index < -0.39 is 5.97 Å². The lowest BCUT2D eigenvalue weighted by Crippen LogP contribution is -2.24. The molecule has 0 heterocycles. The Labute approximate surface area is 144 Å². The van der Waals surface area contributed by atoms with Gasteiger partial charge in [0.05, 0.1) is 11.8 Å². The number of thiocarbonyl (C=S) groups is 1. The molecule has 5 nitrogen and oxygen atoms in total. The van der Waals surface area contributed by atoms with E-state index >= 15 is 0 Å². The molecule has 118 valence electrons. The van der Waals surface area contributed by atoms with Gasteiger partial charge >= 0.3 is 5.97 Å². The summed E-state index contributed by atoms with van der Waals surface area (Å²) in [6.45, 7) is 1.89. The molecule has 23 heavy (non-hydrogen) atoms. The van der Waals surface area contributed by atoms with Gasteiger partial charge in [-0.25, -0.2) is 4.79 Å². The molecule has 0 atom stereocenters. The Hall–Kier alpha value is -2.44. The molecule has 0 aliphatic heterocycles. The van der Waals surface area contributed by atoms with Crippen LogP contribution in [0.5, 0.6) is 0 Å². The number of rotatable bonds is 4. The molecule has 0 aliphatic rings. The van der Waals surface area contributed by atoms with Crippen molar-refractivity contribution < 1.29 is 9.90 Å². The van der Waals surface area contributed by atoms with Crippen LogP contribution in [0.25, 0.3) is 0 Å². The molecule has 2 rings (SSSR count). The Bertz CT molecular complexity index is 760. The van der Waals surface area contributed by atoms with Gasteiger partial charge in [-0.05, 0) is 54.5 Å². The van der Waals surface area contributed by atoms with Crippen LogP contribution in [0.4, 0.5) is 5.69 Å². The minimum atomic E-state index is -0.964. The highest BCUT2D eigenvalue weighted by molar-refractivity contribution is 7.80. The number of hydrogen-bond donors (Lipinski definition) is 3. The average Bonchev–Trinajstić information content (AvgIpc) is 2.52. The average molecular weight is 348 g/mol. The molecule has 0 bridgehead atoms. The van der Waals surface area contributed by atoms with E-state index in [1.807, 2.05) is 19.1 Å². The van der Waals surface area contributed by atoms with Crippen molar-refractivity contribution in [2.45, 2.75) is 6.92 Å². The zero-order valence-corrected chi connectivity index (χ0v) is 13.8. The monoisotopic (exact) mass is 347 g/mol. The van der Waals surface area contributed by atoms with E-state index in [9.17, 15) is 4.79 Å². The first-order valence-electron chi connectivity index (χ1n) is 6.66. The number of hydrogen-bond acceptors (Lipinski definition) is 3. The van der Waals surface area contributed by atoms with Crippen molar-refractivity contribution in [3.8, 4) is 0 Å². The highest BCUT2D eigenvalue weighted by Crippen LogP contribution is 2.22. The summed E-state index contributed by atoms with van der Waals surface area (Å²) in [6, 6.07) is 11.8. The molecule has 2 aromatic carbocycles. The van der Waals surface area contributed by atoms with Gasteiger partial charge in [0.1, 0.15) is 0 Å². The molecule has 0 unspecified atom stereocenters. The van der Waals surface area contributed by atoms with E-state index in [1.165, 1.54) is 12.1 Å². The van der Waals surface area contributed by atoms with Crippen LogP contribution in [0.3, 0.4) is 0 Å². The van der Waals surface area contributed by atoms with E-state index in [0.29, 0.717) is 10.1 Å². The lowest BCUT2D eigenvalue weighted by Gasteiger charge is -2.10. The van der Waals surface area contributed by atoms with E-state index in [-0.39, 0.29) is 5.56 Å². The van der Waals surface area contributed by atoms with Gasteiger partial charge in [0.15, 0.2) is 5.11 Å². The molecule has 3 N–H and O–H groups in total. The van der Waals surface area contributed by atoms with Crippen LogP contribution in [-0.4, -0.2) is 22.4 Å². The van der Waals surface area contributed by atoms with Crippen molar-refractivity contribution >= 4 is 46.8 Å². The standard InChI is InChI=1S/C16H14ClN3O2S/c1-10-13(17)3-2-4-14(10)19-16(23)20-18-9-11-5-7-12(8-6-11)15(21)22/h2-9H,1H3,(H,21,22)(H2,19,20,23)/b18-9-. The first-order valence-corrected chi connectivity index (χ1v) is 7.44. The molecule has 0 spiro atoms. The number of carbonyl (C=O) groups is 1. The topological polar surface area (TPSA) is 73.7 Å². The van der Waals surface area contributed by atoms with Crippen LogP contribution in [0.15, 0.2) is 47.6 Å². The molecule has 0 aliphatic carbocycles. The fourth-order valence-electron chi connectivity index (χ4n) is 1.77. The van der Waals surface area contributed by atoms with Crippen LogP contribution in [0, 0.1) is 6.92 Å². The van der Waals surface area contributed by atoms with Gasteiger partial charge in [0.2, 0.25) is 0 Å². The number of hydrazone groups is 1. The second-order valence-corrected chi connectivity index (χ2v) is 5.48. The second-order valence-electron chi connectivity index (χ2n) is 4.66. The number of nitrogens with zero attached hydrogens (tertiary/aromatic N) is 1. The third-order valence-electron chi connectivity index (χ3n) is 3.05. The molecule has 0 saturated heterocycles. The summed E-state index contributed by atoms with van der Waals surface area (Å²) in [6.07, 6.45) is 1.55. The summed E-state index contributed by atoms with van der Waals surface area (Å²) in [7, 11) is 0. The first kappa shape index (κ1) is 16.9. The summed E-state index contributed by atoms with van der Waals surface area (Å²) in [5.74, 6) is -0.964. The molecule has 0 aromatic heterocycles. The van der Waals surface area contributed by atoms with Gasteiger partial charge in [-0.15, -0.1) is 0 Å². The third-order valence-corrected chi connectivity index (χ3v) is 3.66. The van der Waals surface area contributed by atoms with Crippen molar-refractivity contribution in [3.05, 3.63) is 64.2 Å². The van der Waals surface area contributed by atoms with Crippen LogP contribution in [-0.2, 0) is 0 Å². The predicted molar refractivity (Wildman–Crippen MR) is 96.5 cm³/mol. The summed E-state index contributed by atoms with van der Waals surface area (Å²) in [5, 5.41) is 16.8. The molecular formula is C16H14ClN3O2S. The van der Waals surface area contributed by atoms with Crippen molar-refractivity contribution in [1.29, 1.82) is 0 Å². The maximum atomic E-state index is 10.8. The number of benzene rings is 2. The quantitative estimate of drug-likeness (QED) is 0.447. The molecule has 0 fully saturated rings. The van der Waals surface area contributed by atoms with Gasteiger partial charge in [-0.1, -0.05) is 29.8 Å². The zero-order chi connectivity index (χ0) is 16.8. The van der Waals surface area contributed by atoms with E-state index in [1.54, 1.807) is 24.4 Å². The molecular weight excluding hydrogens is 334 g/mol. The van der Waals surface area contributed by atoms with Crippen LogP contribution in [0.1, 0.15) is 21.5 Å². The molecule has 0 saturated carbocycles. The third kappa shape index (κ3) is 4.77. The number of aromatic carboxylic acids is 1. The Balaban J connectivity index is 1.93. The SMILES string of the molecule is Cc1c(Cl)cccc1NC(=S)N/N=C\c1ccc(C(=O)O)cc1. The molecule has 0 radical (unpaired) electrons. The Morgan fingerprint density at radius 2 is 1.96 bits per heavy atom.